The lowest BCUT2D eigenvalue weighted by molar-refractivity contribution is -0.122. The predicted octanol–water partition coefficient (Wildman–Crippen LogP) is 0.0210. The standard InChI is InChI=1S/C8H16BrNO3/c9-4-2-1-3-8(13)10-7(5-11)6-12/h7,11-12H,1-6H2,(H,10,13). The second-order valence-electron chi connectivity index (χ2n) is 2.78. The van der Waals surface area contributed by atoms with Gasteiger partial charge in [-0.25, -0.2) is 0 Å². The summed E-state index contributed by atoms with van der Waals surface area (Å²) in [4.78, 5) is 11.1. The summed E-state index contributed by atoms with van der Waals surface area (Å²) in [5.41, 5.74) is 0. The Hall–Kier alpha value is -0.130. The highest BCUT2D eigenvalue weighted by Crippen LogP contribution is 1.98. The third-order valence-corrected chi connectivity index (χ3v) is 2.15. The molecule has 0 bridgehead atoms. The normalized spacial score (nSPS) is 10.5. The fourth-order valence-electron chi connectivity index (χ4n) is 0.829. The van der Waals surface area contributed by atoms with E-state index in [0.717, 1.165) is 18.2 Å². The van der Waals surface area contributed by atoms with Crippen LogP contribution in [0, 0.1) is 0 Å². The fraction of sp³-hybridized carbons (Fsp3) is 0.875. The van der Waals surface area contributed by atoms with Gasteiger partial charge in [-0.2, -0.15) is 0 Å². The maximum Gasteiger partial charge on any atom is 0.220 e. The summed E-state index contributed by atoms with van der Waals surface area (Å²) in [5.74, 6) is -0.117. The molecule has 0 aliphatic carbocycles. The molecule has 0 saturated heterocycles. The highest BCUT2D eigenvalue weighted by molar-refractivity contribution is 9.09. The minimum absolute atomic E-state index is 0.117. The Balaban J connectivity index is 3.48. The van der Waals surface area contributed by atoms with Gasteiger partial charge in [-0.05, 0) is 12.8 Å². The van der Waals surface area contributed by atoms with Crippen LogP contribution in [-0.4, -0.2) is 40.7 Å². The third-order valence-electron chi connectivity index (χ3n) is 1.59. The number of rotatable bonds is 7. The maximum atomic E-state index is 11.1. The Morgan fingerprint density at radius 3 is 2.38 bits per heavy atom. The van der Waals surface area contributed by atoms with Crippen molar-refractivity contribution in [3.05, 3.63) is 0 Å². The van der Waals surface area contributed by atoms with Crippen LogP contribution in [-0.2, 0) is 4.79 Å². The van der Waals surface area contributed by atoms with Gasteiger partial charge >= 0.3 is 0 Å². The van der Waals surface area contributed by atoms with Crippen molar-refractivity contribution in [2.24, 2.45) is 0 Å². The van der Waals surface area contributed by atoms with Crippen LogP contribution in [0.15, 0.2) is 0 Å². The number of aliphatic hydroxyl groups is 2. The van der Waals surface area contributed by atoms with Gasteiger partial charge in [-0.1, -0.05) is 15.9 Å². The van der Waals surface area contributed by atoms with E-state index in [2.05, 4.69) is 21.2 Å². The van der Waals surface area contributed by atoms with Crippen molar-refractivity contribution in [1.29, 1.82) is 0 Å². The molecular weight excluding hydrogens is 238 g/mol. The minimum Gasteiger partial charge on any atom is -0.394 e. The Morgan fingerprint density at radius 1 is 1.31 bits per heavy atom. The van der Waals surface area contributed by atoms with E-state index in [0.29, 0.717) is 6.42 Å². The van der Waals surface area contributed by atoms with Gasteiger partial charge in [-0.3, -0.25) is 4.79 Å². The molecule has 1 amide bonds. The average Bonchev–Trinajstić information content (AvgIpc) is 2.14. The predicted molar refractivity (Wildman–Crippen MR) is 53.7 cm³/mol. The molecule has 0 aliphatic rings. The molecule has 0 fully saturated rings. The van der Waals surface area contributed by atoms with E-state index in [1.54, 1.807) is 0 Å². The smallest absolute Gasteiger partial charge is 0.220 e. The summed E-state index contributed by atoms with van der Waals surface area (Å²) in [6.07, 6.45) is 2.22. The largest absolute Gasteiger partial charge is 0.394 e. The van der Waals surface area contributed by atoms with Crippen LogP contribution >= 0.6 is 15.9 Å². The quantitative estimate of drug-likeness (QED) is 0.443. The number of alkyl halides is 1. The molecule has 0 aromatic rings. The first-order valence-corrected chi connectivity index (χ1v) is 5.43. The Labute approximate surface area is 86.5 Å². The topological polar surface area (TPSA) is 69.6 Å². The zero-order chi connectivity index (χ0) is 10.1. The summed E-state index contributed by atoms with van der Waals surface area (Å²) in [6.45, 7) is -0.443. The highest BCUT2D eigenvalue weighted by atomic mass is 79.9. The van der Waals surface area contributed by atoms with Gasteiger partial charge < -0.3 is 15.5 Å². The van der Waals surface area contributed by atoms with Crippen LogP contribution in [0.1, 0.15) is 19.3 Å². The molecule has 0 atom stereocenters. The molecule has 0 saturated carbocycles. The number of aliphatic hydroxyl groups excluding tert-OH is 2. The monoisotopic (exact) mass is 253 g/mol. The number of carbonyl (C=O) groups excluding carboxylic acids is 1. The fourth-order valence-corrected chi connectivity index (χ4v) is 1.23. The van der Waals surface area contributed by atoms with Crippen LogP contribution in [0.2, 0.25) is 0 Å². The molecule has 0 unspecified atom stereocenters. The highest BCUT2D eigenvalue weighted by Gasteiger charge is 2.08. The van der Waals surface area contributed by atoms with Gasteiger partial charge in [0.05, 0.1) is 19.3 Å². The molecule has 0 aromatic heterocycles. The molecule has 0 rings (SSSR count). The van der Waals surface area contributed by atoms with Crippen LogP contribution in [0.4, 0.5) is 0 Å². The lowest BCUT2D eigenvalue weighted by Crippen LogP contribution is -2.39. The minimum atomic E-state index is -0.517. The van der Waals surface area contributed by atoms with Gasteiger partial charge in [0.2, 0.25) is 5.91 Å². The molecule has 4 nitrogen and oxygen atoms in total. The van der Waals surface area contributed by atoms with Crippen molar-refractivity contribution in [2.45, 2.75) is 25.3 Å². The molecule has 3 N–H and O–H groups in total. The first-order valence-electron chi connectivity index (χ1n) is 4.31. The average molecular weight is 254 g/mol. The van der Waals surface area contributed by atoms with Crippen molar-refractivity contribution in [3.63, 3.8) is 0 Å². The molecule has 78 valence electrons. The summed E-state index contributed by atoms with van der Waals surface area (Å²) in [6, 6.07) is -0.517. The van der Waals surface area contributed by atoms with Crippen molar-refractivity contribution in [2.75, 3.05) is 18.5 Å². The van der Waals surface area contributed by atoms with Crippen LogP contribution in [0.25, 0.3) is 0 Å². The summed E-state index contributed by atoms with van der Waals surface area (Å²) in [7, 11) is 0. The molecule has 0 radical (unpaired) electrons. The number of carbonyl (C=O) groups is 1. The Bertz CT molecular complexity index is 139. The first kappa shape index (κ1) is 12.9. The molecule has 13 heavy (non-hydrogen) atoms. The zero-order valence-electron chi connectivity index (χ0n) is 7.50. The summed E-state index contributed by atoms with van der Waals surface area (Å²) >= 11 is 3.27. The van der Waals surface area contributed by atoms with Crippen molar-refractivity contribution < 1.29 is 15.0 Å². The Morgan fingerprint density at radius 2 is 1.92 bits per heavy atom. The molecule has 0 heterocycles. The van der Waals surface area contributed by atoms with E-state index in [9.17, 15) is 4.79 Å². The van der Waals surface area contributed by atoms with E-state index in [4.69, 9.17) is 10.2 Å². The van der Waals surface area contributed by atoms with Gasteiger partial charge in [-0.15, -0.1) is 0 Å². The Kier molecular flexibility index (Phi) is 8.38. The van der Waals surface area contributed by atoms with E-state index < -0.39 is 6.04 Å². The zero-order valence-corrected chi connectivity index (χ0v) is 9.09. The number of amides is 1. The van der Waals surface area contributed by atoms with Crippen molar-refractivity contribution >= 4 is 21.8 Å². The second kappa shape index (κ2) is 8.47. The molecule has 0 aliphatic heterocycles. The second-order valence-corrected chi connectivity index (χ2v) is 3.57. The lowest BCUT2D eigenvalue weighted by Gasteiger charge is -2.12. The number of nitrogens with one attached hydrogen (secondary N) is 1. The van der Waals surface area contributed by atoms with Gasteiger partial charge in [0, 0.05) is 11.8 Å². The maximum absolute atomic E-state index is 11.1. The molecular formula is C8H16BrNO3. The van der Waals surface area contributed by atoms with E-state index in [-0.39, 0.29) is 19.1 Å². The first-order chi connectivity index (χ1) is 6.24. The van der Waals surface area contributed by atoms with Crippen LogP contribution in [0.5, 0.6) is 0 Å². The summed E-state index contributed by atoms with van der Waals surface area (Å²) < 4.78 is 0. The number of halogens is 1. The number of unbranched alkanes of at least 4 members (excludes halogenated alkanes) is 1. The molecule has 5 heteroatoms. The van der Waals surface area contributed by atoms with Crippen molar-refractivity contribution in [3.8, 4) is 0 Å². The van der Waals surface area contributed by atoms with E-state index in [1.165, 1.54) is 0 Å². The molecule has 0 spiro atoms. The van der Waals surface area contributed by atoms with E-state index in [1.807, 2.05) is 0 Å². The molecule has 0 aromatic carbocycles. The number of hydrogen-bond donors (Lipinski definition) is 3. The van der Waals surface area contributed by atoms with Gasteiger partial charge in [0.1, 0.15) is 0 Å². The van der Waals surface area contributed by atoms with Crippen LogP contribution < -0.4 is 5.32 Å². The summed E-state index contributed by atoms with van der Waals surface area (Å²) in [5, 5.41) is 20.7. The van der Waals surface area contributed by atoms with E-state index >= 15 is 0 Å². The third kappa shape index (κ3) is 6.98. The number of hydrogen-bond acceptors (Lipinski definition) is 3. The SMILES string of the molecule is O=C(CCCCBr)NC(CO)CO. The lowest BCUT2D eigenvalue weighted by atomic mass is 10.2. The van der Waals surface area contributed by atoms with Gasteiger partial charge in [0.25, 0.3) is 0 Å². The van der Waals surface area contributed by atoms with Gasteiger partial charge in [0.15, 0.2) is 0 Å². The van der Waals surface area contributed by atoms with Crippen molar-refractivity contribution in [1.82, 2.24) is 5.32 Å². The van der Waals surface area contributed by atoms with Crippen LogP contribution in [0.3, 0.4) is 0 Å².